The lowest BCUT2D eigenvalue weighted by Gasteiger charge is -2.32. The van der Waals surface area contributed by atoms with Gasteiger partial charge in [0.1, 0.15) is 0 Å². The maximum absolute atomic E-state index is 13.4. The highest BCUT2D eigenvalue weighted by Gasteiger charge is 2.56. The van der Waals surface area contributed by atoms with E-state index in [9.17, 15) is 4.79 Å². The molecular weight excluding hydrogens is 328 g/mol. The third-order valence-electron chi connectivity index (χ3n) is 6.52. The second-order valence-electron chi connectivity index (χ2n) is 8.18. The summed E-state index contributed by atoms with van der Waals surface area (Å²) in [6, 6.07) is 0.693. The van der Waals surface area contributed by atoms with Crippen molar-refractivity contribution >= 4 is 11.9 Å². The first kappa shape index (κ1) is 17.7. The van der Waals surface area contributed by atoms with E-state index in [4.69, 9.17) is 0 Å². The summed E-state index contributed by atoms with van der Waals surface area (Å²) in [6.07, 6.45) is 8.88. The number of carbonyl (C=O) groups excluding carboxylic acids is 1. The highest BCUT2D eigenvalue weighted by molar-refractivity contribution is 5.84. The number of hydrogen-bond donors (Lipinski definition) is 2. The first-order chi connectivity index (χ1) is 12.6. The smallest absolute Gasteiger partial charge is 0.231 e. The minimum atomic E-state index is -0.261. The first-order valence-electron chi connectivity index (χ1n) is 9.81. The van der Waals surface area contributed by atoms with Crippen molar-refractivity contribution in [2.45, 2.75) is 38.3 Å². The van der Waals surface area contributed by atoms with Gasteiger partial charge in [-0.05, 0) is 12.8 Å². The second-order valence-corrected chi connectivity index (χ2v) is 8.18. The van der Waals surface area contributed by atoms with Crippen molar-refractivity contribution in [2.24, 2.45) is 11.3 Å². The Labute approximate surface area is 155 Å². The molecule has 0 bridgehead atoms. The molecule has 0 radical (unpaired) electrons. The fourth-order valence-electron chi connectivity index (χ4n) is 5.10. The highest BCUT2D eigenvalue weighted by atomic mass is 16.2. The van der Waals surface area contributed by atoms with Crippen molar-refractivity contribution < 1.29 is 4.79 Å². The van der Waals surface area contributed by atoms with Crippen LogP contribution in [0.25, 0.3) is 0 Å². The summed E-state index contributed by atoms with van der Waals surface area (Å²) in [4.78, 5) is 26.4. The number of likely N-dealkylation sites (tertiary alicyclic amines) is 1. The van der Waals surface area contributed by atoms with Gasteiger partial charge in [0.2, 0.25) is 11.9 Å². The SMILES string of the molecule is CNc1ncc(CN(C)C(=O)[C@]23CNC[C@H]2CN(C2CCCC2)C3)cn1. The topological polar surface area (TPSA) is 73.4 Å². The molecule has 0 unspecified atom stereocenters. The summed E-state index contributed by atoms with van der Waals surface area (Å²) in [7, 11) is 3.71. The van der Waals surface area contributed by atoms with Crippen LogP contribution in [0.3, 0.4) is 0 Å². The van der Waals surface area contributed by atoms with Gasteiger partial charge >= 0.3 is 0 Å². The van der Waals surface area contributed by atoms with Gasteiger partial charge in [-0.1, -0.05) is 12.8 Å². The number of rotatable bonds is 5. The van der Waals surface area contributed by atoms with Crippen molar-refractivity contribution in [3.05, 3.63) is 18.0 Å². The van der Waals surface area contributed by atoms with Crippen LogP contribution in [0, 0.1) is 11.3 Å². The quantitative estimate of drug-likeness (QED) is 0.816. The first-order valence-corrected chi connectivity index (χ1v) is 9.81. The zero-order valence-corrected chi connectivity index (χ0v) is 15.9. The summed E-state index contributed by atoms with van der Waals surface area (Å²) in [5, 5.41) is 6.40. The lowest BCUT2D eigenvalue weighted by molar-refractivity contribution is -0.141. The predicted molar refractivity (Wildman–Crippen MR) is 101 cm³/mol. The molecule has 26 heavy (non-hydrogen) atoms. The molecule has 4 rings (SSSR count). The van der Waals surface area contributed by atoms with Crippen LogP contribution < -0.4 is 10.6 Å². The average molecular weight is 358 g/mol. The van der Waals surface area contributed by atoms with Gasteiger partial charge in [-0.15, -0.1) is 0 Å². The molecule has 7 heteroatoms. The Kier molecular flexibility index (Phi) is 4.84. The van der Waals surface area contributed by atoms with Crippen molar-refractivity contribution in [1.82, 2.24) is 25.1 Å². The van der Waals surface area contributed by atoms with Gasteiger partial charge in [-0.3, -0.25) is 9.69 Å². The summed E-state index contributed by atoms with van der Waals surface area (Å²) < 4.78 is 0. The van der Waals surface area contributed by atoms with E-state index in [0.29, 0.717) is 24.5 Å². The molecule has 3 heterocycles. The van der Waals surface area contributed by atoms with Crippen molar-refractivity contribution in [2.75, 3.05) is 45.6 Å². The molecule has 2 saturated heterocycles. The fraction of sp³-hybridized carbons (Fsp3) is 0.737. The van der Waals surface area contributed by atoms with Crippen LogP contribution in [-0.2, 0) is 11.3 Å². The molecule has 1 amide bonds. The van der Waals surface area contributed by atoms with Crippen molar-refractivity contribution in [1.29, 1.82) is 0 Å². The lowest BCUT2D eigenvalue weighted by atomic mass is 9.79. The molecule has 3 fully saturated rings. The van der Waals surface area contributed by atoms with E-state index >= 15 is 0 Å². The number of hydrogen-bond acceptors (Lipinski definition) is 6. The zero-order chi connectivity index (χ0) is 18.1. The Morgan fingerprint density at radius 1 is 1.38 bits per heavy atom. The molecule has 3 aliphatic rings. The van der Waals surface area contributed by atoms with E-state index in [-0.39, 0.29) is 11.3 Å². The Hall–Kier alpha value is -1.73. The number of anilines is 1. The average Bonchev–Trinajstić information content (AvgIpc) is 3.37. The Morgan fingerprint density at radius 2 is 2.12 bits per heavy atom. The van der Waals surface area contributed by atoms with Crippen LogP contribution in [0.4, 0.5) is 5.95 Å². The van der Waals surface area contributed by atoms with Gasteiger partial charge in [0, 0.05) is 76.7 Å². The van der Waals surface area contributed by atoms with Gasteiger partial charge in [0.25, 0.3) is 0 Å². The minimum Gasteiger partial charge on any atom is -0.357 e. The van der Waals surface area contributed by atoms with Gasteiger partial charge in [-0.25, -0.2) is 9.97 Å². The standard InChI is InChI=1S/C19H30N6O/c1-20-18-22-7-14(8-23-18)10-24(2)17(26)19-12-21-9-15(19)11-25(13-19)16-5-3-4-6-16/h7-8,15-16,21H,3-6,9-13H2,1-2H3,(H,20,22,23)/t15-,19-/m0/s1. The number of aromatic nitrogens is 2. The van der Waals surface area contributed by atoms with E-state index < -0.39 is 0 Å². The Bertz CT molecular complexity index is 644. The van der Waals surface area contributed by atoms with E-state index in [1.807, 2.05) is 11.9 Å². The third-order valence-corrected chi connectivity index (χ3v) is 6.52. The van der Waals surface area contributed by atoms with Crippen molar-refractivity contribution in [3.8, 4) is 0 Å². The Morgan fingerprint density at radius 3 is 2.81 bits per heavy atom. The van der Waals surface area contributed by atoms with E-state index in [1.165, 1.54) is 25.7 Å². The van der Waals surface area contributed by atoms with Gasteiger partial charge < -0.3 is 15.5 Å². The summed E-state index contributed by atoms with van der Waals surface area (Å²) in [5.74, 6) is 1.30. The largest absolute Gasteiger partial charge is 0.357 e. The maximum atomic E-state index is 13.4. The fourth-order valence-corrected chi connectivity index (χ4v) is 5.10. The third kappa shape index (κ3) is 3.07. The molecule has 1 aromatic heterocycles. The summed E-state index contributed by atoms with van der Waals surface area (Å²) in [6.45, 7) is 4.30. The number of carbonyl (C=O) groups is 1. The van der Waals surface area contributed by atoms with Crippen LogP contribution in [-0.4, -0.2) is 72.0 Å². The van der Waals surface area contributed by atoms with E-state index in [0.717, 1.165) is 31.7 Å². The molecule has 0 spiro atoms. The Balaban J connectivity index is 1.46. The van der Waals surface area contributed by atoms with E-state index in [2.05, 4.69) is 25.5 Å². The molecule has 1 aliphatic carbocycles. The molecule has 2 N–H and O–H groups in total. The molecule has 142 valence electrons. The monoisotopic (exact) mass is 358 g/mol. The number of amides is 1. The van der Waals surface area contributed by atoms with Crippen LogP contribution in [0.2, 0.25) is 0 Å². The maximum Gasteiger partial charge on any atom is 0.231 e. The van der Waals surface area contributed by atoms with Crippen LogP contribution in [0.5, 0.6) is 0 Å². The second kappa shape index (κ2) is 7.12. The van der Waals surface area contributed by atoms with Crippen LogP contribution >= 0.6 is 0 Å². The number of fused-ring (bicyclic) bond motifs is 1. The summed E-state index contributed by atoms with van der Waals surface area (Å²) >= 11 is 0. The zero-order valence-electron chi connectivity index (χ0n) is 15.9. The minimum absolute atomic E-state index is 0.261. The lowest BCUT2D eigenvalue weighted by Crippen LogP contribution is -2.48. The molecule has 1 aromatic rings. The predicted octanol–water partition coefficient (Wildman–Crippen LogP) is 0.941. The van der Waals surface area contributed by atoms with Gasteiger partial charge in [0.15, 0.2) is 0 Å². The molecule has 7 nitrogen and oxygen atoms in total. The van der Waals surface area contributed by atoms with Crippen LogP contribution in [0.15, 0.2) is 12.4 Å². The van der Waals surface area contributed by atoms with Crippen LogP contribution in [0.1, 0.15) is 31.2 Å². The number of nitrogens with zero attached hydrogens (tertiary/aromatic N) is 4. The summed E-state index contributed by atoms with van der Waals surface area (Å²) in [5.41, 5.74) is 0.702. The molecular formula is C19H30N6O. The van der Waals surface area contributed by atoms with Crippen molar-refractivity contribution in [3.63, 3.8) is 0 Å². The number of nitrogens with one attached hydrogen (secondary N) is 2. The highest BCUT2D eigenvalue weighted by Crippen LogP contribution is 2.43. The molecule has 2 atom stereocenters. The normalized spacial score (nSPS) is 29.1. The van der Waals surface area contributed by atoms with E-state index in [1.54, 1.807) is 19.4 Å². The van der Waals surface area contributed by atoms with Gasteiger partial charge in [0.05, 0.1) is 5.41 Å². The molecule has 2 aliphatic heterocycles. The molecule has 1 saturated carbocycles. The van der Waals surface area contributed by atoms with Gasteiger partial charge in [-0.2, -0.15) is 0 Å². The molecule has 0 aromatic carbocycles.